The highest BCUT2D eigenvalue weighted by Gasteiger charge is 2.29. The Bertz CT molecular complexity index is 1420. The molecule has 36 heavy (non-hydrogen) atoms. The number of ether oxygens (including phenoxy) is 2. The van der Waals surface area contributed by atoms with E-state index in [2.05, 4.69) is 6.92 Å². The summed E-state index contributed by atoms with van der Waals surface area (Å²) in [5, 5.41) is 0.561. The standard InChI is InChI=1S/C27H33N3O5S/c1-4-17-9-7-8-14-28(17)23(31)16-29-26-24(19-10-5-6-11-22(19)36-26)25(32)30(27(29)33)20-13-12-18(34-2)15-21(20)35-3/h12-13,15,17H,4-11,14,16H2,1-3H3/t17-/m0/s1. The van der Waals surface area contributed by atoms with Crippen LogP contribution < -0.4 is 20.7 Å². The van der Waals surface area contributed by atoms with E-state index in [9.17, 15) is 14.4 Å². The van der Waals surface area contributed by atoms with E-state index in [1.165, 1.54) is 27.6 Å². The summed E-state index contributed by atoms with van der Waals surface area (Å²) in [5.41, 5.74) is 0.494. The highest BCUT2D eigenvalue weighted by atomic mass is 32.1. The Morgan fingerprint density at radius 2 is 1.89 bits per heavy atom. The summed E-state index contributed by atoms with van der Waals surface area (Å²) in [5.74, 6) is 0.851. The number of amides is 1. The molecule has 0 saturated carbocycles. The van der Waals surface area contributed by atoms with Gasteiger partial charge in [0.1, 0.15) is 22.9 Å². The quantitative estimate of drug-likeness (QED) is 0.501. The Balaban J connectivity index is 1.72. The predicted molar refractivity (Wildman–Crippen MR) is 141 cm³/mol. The highest BCUT2D eigenvalue weighted by Crippen LogP contribution is 2.35. The molecule has 2 aliphatic rings. The third-order valence-corrected chi connectivity index (χ3v) is 8.89. The van der Waals surface area contributed by atoms with Gasteiger partial charge in [0.25, 0.3) is 5.56 Å². The minimum Gasteiger partial charge on any atom is -0.497 e. The third kappa shape index (κ3) is 4.13. The SMILES string of the molecule is CC[C@H]1CCCCN1C(=O)Cn1c(=O)n(-c2ccc(OC)cc2OC)c(=O)c2c3c(sc21)CCCC3. The number of piperidine rings is 1. The Kier molecular flexibility index (Phi) is 6.92. The molecular weight excluding hydrogens is 478 g/mol. The van der Waals surface area contributed by atoms with E-state index in [4.69, 9.17) is 9.47 Å². The Morgan fingerprint density at radius 3 is 2.64 bits per heavy atom. The molecule has 1 fully saturated rings. The molecule has 1 aliphatic heterocycles. The molecule has 0 bridgehead atoms. The fraction of sp³-hybridized carbons (Fsp3) is 0.519. The third-order valence-electron chi connectivity index (χ3n) is 7.58. The number of carbonyl (C=O) groups is 1. The number of thiophene rings is 1. The molecule has 0 unspecified atom stereocenters. The molecular formula is C27H33N3O5S. The van der Waals surface area contributed by atoms with Crippen molar-refractivity contribution in [3.63, 3.8) is 0 Å². The van der Waals surface area contributed by atoms with Crippen LogP contribution >= 0.6 is 11.3 Å². The van der Waals surface area contributed by atoms with Crippen LogP contribution in [0.3, 0.4) is 0 Å². The van der Waals surface area contributed by atoms with Gasteiger partial charge in [-0.2, -0.15) is 0 Å². The first-order chi connectivity index (χ1) is 17.5. The minimum atomic E-state index is -0.520. The molecule has 192 valence electrons. The molecule has 3 heterocycles. The zero-order chi connectivity index (χ0) is 25.4. The summed E-state index contributed by atoms with van der Waals surface area (Å²) in [6.45, 7) is 2.73. The van der Waals surface area contributed by atoms with Crippen molar-refractivity contribution in [2.45, 2.75) is 70.9 Å². The fourth-order valence-corrected chi connectivity index (χ4v) is 7.04. The van der Waals surface area contributed by atoms with E-state index in [1.807, 2.05) is 4.90 Å². The van der Waals surface area contributed by atoms with Crippen molar-refractivity contribution in [3.05, 3.63) is 49.5 Å². The second kappa shape index (κ2) is 10.1. The largest absolute Gasteiger partial charge is 0.497 e. The van der Waals surface area contributed by atoms with Gasteiger partial charge in [-0.15, -0.1) is 11.3 Å². The maximum Gasteiger partial charge on any atom is 0.337 e. The molecule has 3 aromatic rings. The summed E-state index contributed by atoms with van der Waals surface area (Å²) in [7, 11) is 3.05. The van der Waals surface area contributed by atoms with Gasteiger partial charge in [-0.1, -0.05) is 6.92 Å². The van der Waals surface area contributed by atoms with Crippen molar-refractivity contribution >= 4 is 27.5 Å². The van der Waals surface area contributed by atoms with Crippen molar-refractivity contribution in [1.82, 2.24) is 14.0 Å². The molecule has 5 rings (SSSR count). The van der Waals surface area contributed by atoms with E-state index in [-0.39, 0.29) is 24.1 Å². The summed E-state index contributed by atoms with van der Waals surface area (Å²) in [4.78, 5) is 45.1. The number of fused-ring (bicyclic) bond motifs is 3. The maximum atomic E-state index is 14.0. The smallest absolute Gasteiger partial charge is 0.337 e. The van der Waals surface area contributed by atoms with E-state index >= 15 is 0 Å². The van der Waals surface area contributed by atoms with Crippen molar-refractivity contribution in [2.75, 3.05) is 20.8 Å². The zero-order valence-corrected chi connectivity index (χ0v) is 22.0. The lowest BCUT2D eigenvalue weighted by molar-refractivity contribution is -0.135. The Hall–Kier alpha value is -3.07. The first-order valence-corrected chi connectivity index (χ1v) is 13.6. The minimum absolute atomic E-state index is 0.0665. The number of rotatable bonds is 6. The zero-order valence-electron chi connectivity index (χ0n) is 21.2. The van der Waals surface area contributed by atoms with Crippen molar-refractivity contribution in [3.8, 4) is 17.2 Å². The first-order valence-electron chi connectivity index (χ1n) is 12.8. The molecule has 9 heteroatoms. The summed E-state index contributed by atoms with van der Waals surface area (Å²) < 4.78 is 13.5. The highest BCUT2D eigenvalue weighted by molar-refractivity contribution is 7.18. The second-order valence-electron chi connectivity index (χ2n) is 9.58. The molecule has 1 atom stereocenters. The molecule has 1 amide bonds. The summed E-state index contributed by atoms with van der Waals surface area (Å²) in [6, 6.07) is 5.21. The number of aryl methyl sites for hydroxylation is 2. The van der Waals surface area contributed by atoms with E-state index < -0.39 is 5.69 Å². The second-order valence-corrected chi connectivity index (χ2v) is 10.7. The van der Waals surface area contributed by atoms with Gasteiger partial charge in [0.2, 0.25) is 5.91 Å². The van der Waals surface area contributed by atoms with Gasteiger partial charge in [0.15, 0.2) is 0 Å². The topological polar surface area (TPSA) is 82.8 Å². The number of hydrogen-bond acceptors (Lipinski definition) is 6. The van der Waals surface area contributed by atoms with Gasteiger partial charge in [0, 0.05) is 23.5 Å². The van der Waals surface area contributed by atoms with Crippen LogP contribution in [0.5, 0.6) is 11.5 Å². The van der Waals surface area contributed by atoms with Gasteiger partial charge in [-0.25, -0.2) is 9.36 Å². The van der Waals surface area contributed by atoms with Crippen LogP contribution in [0.1, 0.15) is 55.9 Å². The number of hydrogen-bond donors (Lipinski definition) is 0. The lowest BCUT2D eigenvalue weighted by atomic mass is 9.97. The molecule has 0 radical (unpaired) electrons. The number of likely N-dealkylation sites (tertiary alicyclic amines) is 1. The molecule has 1 aromatic carbocycles. The van der Waals surface area contributed by atoms with Crippen LogP contribution in [0, 0.1) is 0 Å². The van der Waals surface area contributed by atoms with Gasteiger partial charge in [-0.3, -0.25) is 14.2 Å². The summed E-state index contributed by atoms with van der Waals surface area (Å²) >= 11 is 1.50. The van der Waals surface area contributed by atoms with Crippen molar-refractivity contribution < 1.29 is 14.3 Å². The van der Waals surface area contributed by atoms with Crippen LogP contribution in [0.4, 0.5) is 0 Å². The Labute approximate surface area is 214 Å². The number of benzene rings is 1. The van der Waals surface area contributed by atoms with Crippen LogP contribution in [0.25, 0.3) is 15.9 Å². The predicted octanol–water partition coefficient (Wildman–Crippen LogP) is 3.90. The maximum absolute atomic E-state index is 14.0. The molecule has 0 spiro atoms. The number of methoxy groups -OCH3 is 2. The van der Waals surface area contributed by atoms with Gasteiger partial charge in [0.05, 0.1) is 25.3 Å². The normalized spacial score (nSPS) is 17.8. The fourth-order valence-electron chi connectivity index (χ4n) is 5.67. The lowest BCUT2D eigenvalue weighted by Gasteiger charge is -2.35. The number of nitrogens with zero attached hydrogens (tertiary/aromatic N) is 3. The van der Waals surface area contributed by atoms with Crippen molar-refractivity contribution in [2.24, 2.45) is 0 Å². The average Bonchev–Trinajstić information content (AvgIpc) is 3.30. The molecule has 8 nitrogen and oxygen atoms in total. The molecule has 1 aliphatic carbocycles. The first kappa shape index (κ1) is 24.6. The van der Waals surface area contributed by atoms with Crippen LogP contribution in [-0.4, -0.2) is 46.7 Å². The van der Waals surface area contributed by atoms with Crippen molar-refractivity contribution in [1.29, 1.82) is 0 Å². The summed E-state index contributed by atoms with van der Waals surface area (Å²) in [6.07, 6.45) is 7.75. The van der Waals surface area contributed by atoms with Crippen LogP contribution in [0.15, 0.2) is 27.8 Å². The average molecular weight is 512 g/mol. The van der Waals surface area contributed by atoms with Gasteiger partial charge < -0.3 is 14.4 Å². The van der Waals surface area contributed by atoms with E-state index in [0.717, 1.165) is 61.8 Å². The van der Waals surface area contributed by atoms with Gasteiger partial charge in [-0.05, 0) is 69.1 Å². The van der Waals surface area contributed by atoms with E-state index in [0.29, 0.717) is 33.9 Å². The molecule has 1 saturated heterocycles. The number of aromatic nitrogens is 2. The van der Waals surface area contributed by atoms with Crippen LogP contribution in [0.2, 0.25) is 0 Å². The lowest BCUT2D eigenvalue weighted by Crippen LogP contribution is -2.47. The molecule has 0 N–H and O–H groups in total. The van der Waals surface area contributed by atoms with E-state index in [1.54, 1.807) is 25.3 Å². The Morgan fingerprint density at radius 1 is 1.08 bits per heavy atom. The van der Waals surface area contributed by atoms with Crippen LogP contribution in [-0.2, 0) is 24.2 Å². The number of carbonyl (C=O) groups excluding carboxylic acids is 1. The van der Waals surface area contributed by atoms with Gasteiger partial charge >= 0.3 is 5.69 Å². The monoisotopic (exact) mass is 511 g/mol. The molecule has 2 aromatic heterocycles.